The molecule has 0 amide bonds. The molecular formula is C20H19FN2. The topological polar surface area (TPSA) is 17.8 Å². The van der Waals surface area contributed by atoms with Crippen LogP contribution in [-0.2, 0) is 6.54 Å². The van der Waals surface area contributed by atoms with Gasteiger partial charge in [0.1, 0.15) is 5.82 Å². The third-order valence-electron chi connectivity index (χ3n) is 3.72. The van der Waals surface area contributed by atoms with Gasteiger partial charge in [0.15, 0.2) is 0 Å². The summed E-state index contributed by atoms with van der Waals surface area (Å²) in [6.45, 7) is 8.39. The van der Waals surface area contributed by atoms with Crippen LogP contribution in [0, 0.1) is 12.7 Å². The third-order valence-corrected chi connectivity index (χ3v) is 3.72. The number of aryl methyl sites for hydroxylation is 1. The van der Waals surface area contributed by atoms with Gasteiger partial charge in [0.25, 0.3) is 0 Å². The number of hydrogen-bond acceptors (Lipinski definition) is 1. The number of allylic oxidation sites excluding steroid dienone is 1. The molecule has 23 heavy (non-hydrogen) atoms. The molecule has 0 N–H and O–H groups in total. The first-order valence-electron chi connectivity index (χ1n) is 7.59. The van der Waals surface area contributed by atoms with Gasteiger partial charge in [-0.2, -0.15) is 5.10 Å². The fraction of sp³-hybridized carbons (Fsp3) is 0.150. The van der Waals surface area contributed by atoms with Crippen molar-refractivity contribution >= 4 is 0 Å². The second-order valence-electron chi connectivity index (χ2n) is 5.86. The van der Waals surface area contributed by atoms with Crippen LogP contribution in [0.25, 0.3) is 22.5 Å². The summed E-state index contributed by atoms with van der Waals surface area (Å²) >= 11 is 0. The minimum absolute atomic E-state index is 0.196. The van der Waals surface area contributed by atoms with Gasteiger partial charge in [0.05, 0.1) is 17.9 Å². The fourth-order valence-electron chi connectivity index (χ4n) is 2.58. The standard InChI is InChI=1S/C20H19FN2/c1-14(2)13-23-20(16-7-5-4-6-8-16)12-19(22-23)17-9-10-18(21)15(3)11-17/h4-12H,1,13H2,2-3H3. The maximum absolute atomic E-state index is 13.5. The smallest absolute Gasteiger partial charge is 0.126 e. The molecule has 1 heterocycles. The Bertz CT molecular complexity index is 847. The normalized spacial score (nSPS) is 10.7. The third kappa shape index (κ3) is 3.24. The van der Waals surface area contributed by atoms with E-state index >= 15 is 0 Å². The van der Waals surface area contributed by atoms with Crippen molar-refractivity contribution in [3.63, 3.8) is 0 Å². The predicted octanol–water partition coefficient (Wildman–Crippen LogP) is 5.24. The number of aromatic nitrogens is 2. The van der Waals surface area contributed by atoms with E-state index in [-0.39, 0.29) is 5.82 Å². The Morgan fingerprint density at radius 3 is 2.48 bits per heavy atom. The van der Waals surface area contributed by atoms with E-state index in [4.69, 9.17) is 5.10 Å². The van der Waals surface area contributed by atoms with Crippen molar-refractivity contribution in [2.24, 2.45) is 0 Å². The van der Waals surface area contributed by atoms with Gasteiger partial charge in [-0.05, 0) is 49.2 Å². The monoisotopic (exact) mass is 306 g/mol. The summed E-state index contributed by atoms with van der Waals surface area (Å²) in [7, 11) is 0. The first-order chi connectivity index (χ1) is 11.0. The molecule has 2 aromatic carbocycles. The van der Waals surface area contributed by atoms with Crippen LogP contribution in [0.2, 0.25) is 0 Å². The van der Waals surface area contributed by atoms with Crippen LogP contribution in [0.1, 0.15) is 12.5 Å². The van der Waals surface area contributed by atoms with Crippen LogP contribution in [-0.4, -0.2) is 9.78 Å². The Morgan fingerprint density at radius 2 is 1.83 bits per heavy atom. The first-order valence-corrected chi connectivity index (χ1v) is 7.59. The molecule has 0 atom stereocenters. The van der Waals surface area contributed by atoms with Crippen LogP contribution in [0.15, 0.2) is 66.7 Å². The van der Waals surface area contributed by atoms with Crippen LogP contribution in [0.5, 0.6) is 0 Å². The maximum Gasteiger partial charge on any atom is 0.126 e. The number of rotatable bonds is 4. The molecule has 0 fully saturated rings. The molecule has 3 rings (SSSR count). The van der Waals surface area contributed by atoms with E-state index in [0.29, 0.717) is 12.1 Å². The molecule has 0 aliphatic heterocycles. The van der Waals surface area contributed by atoms with E-state index in [1.54, 1.807) is 13.0 Å². The molecule has 0 spiro atoms. The molecule has 1 aromatic heterocycles. The highest BCUT2D eigenvalue weighted by Gasteiger charge is 2.12. The SMILES string of the molecule is C=C(C)Cn1nc(-c2ccc(F)c(C)c2)cc1-c1ccccc1. The predicted molar refractivity (Wildman–Crippen MR) is 92.6 cm³/mol. The van der Waals surface area contributed by atoms with Crippen molar-refractivity contribution in [2.45, 2.75) is 20.4 Å². The van der Waals surface area contributed by atoms with Gasteiger partial charge < -0.3 is 0 Å². The highest BCUT2D eigenvalue weighted by molar-refractivity contribution is 5.69. The Kier molecular flexibility index (Phi) is 4.11. The van der Waals surface area contributed by atoms with Crippen LogP contribution in [0.3, 0.4) is 0 Å². The van der Waals surface area contributed by atoms with Crippen molar-refractivity contribution in [3.05, 3.63) is 78.1 Å². The minimum Gasteiger partial charge on any atom is -0.260 e. The second-order valence-corrected chi connectivity index (χ2v) is 5.86. The van der Waals surface area contributed by atoms with Gasteiger partial charge in [-0.25, -0.2) is 4.39 Å². The van der Waals surface area contributed by atoms with Gasteiger partial charge in [-0.1, -0.05) is 42.5 Å². The van der Waals surface area contributed by atoms with Gasteiger partial charge >= 0.3 is 0 Å². The largest absolute Gasteiger partial charge is 0.260 e. The lowest BCUT2D eigenvalue weighted by molar-refractivity contribution is 0.618. The van der Waals surface area contributed by atoms with E-state index in [1.165, 1.54) is 6.07 Å². The summed E-state index contributed by atoms with van der Waals surface area (Å²) in [4.78, 5) is 0. The Morgan fingerprint density at radius 1 is 1.09 bits per heavy atom. The molecule has 0 unspecified atom stereocenters. The molecule has 0 bridgehead atoms. The summed E-state index contributed by atoms with van der Waals surface area (Å²) in [6.07, 6.45) is 0. The molecule has 0 aliphatic carbocycles. The Hall–Kier alpha value is -2.68. The molecule has 3 heteroatoms. The van der Waals surface area contributed by atoms with Gasteiger partial charge in [0.2, 0.25) is 0 Å². The molecule has 0 saturated carbocycles. The summed E-state index contributed by atoms with van der Waals surface area (Å²) in [5, 5.41) is 4.70. The molecule has 0 aliphatic rings. The maximum atomic E-state index is 13.5. The lowest BCUT2D eigenvalue weighted by Gasteiger charge is -2.06. The number of benzene rings is 2. The Balaban J connectivity index is 2.10. The lowest BCUT2D eigenvalue weighted by Crippen LogP contribution is -2.03. The quantitative estimate of drug-likeness (QED) is 0.603. The molecule has 3 aromatic rings. The fourth-order valence-corrected chi connectivity index (χ4v) is 2.58. The summed E-state index contributed by atoms with van der Waals surface area (Å²) < 4.78 is 15.4. The number of hydrogen-bond donors (Lipinski definition) is 0. The van der Waals surface area contributed by atoms with Crippen molar-refractivity contribution in [1.29, 1.82) is 0 Å². The summed E-state index contributed by atoms with van der Waals surface area (Å²) in [5.74, 6) is -0.196. The van der Waals surface area contributed by atoms with E-state index in [2.05, 4.69) is 18.7 Å². The Labute approximate surface area is 135 Å². The molecule has 0 saturated heterocycles. The lowest BCUT2D eigenvalue weighted by atomic mass is 10.1. The molecule has 2 nitrogen and oxygen atoms in total. The van der Waals surface area contributed by atoms with Crippen LogP contribution < -0.4 is 0 Å². The molecular weight excluding hydrogens is 287 g/mol. The molecule has 0 radical (unpaired) electrons. The van der Waals surface area contributed by atoms with Gasteiger partial charge in [0, 0.05) is 5.56 Å². The van der Waals surface area contributed by atoms with Gasteiger partial charge in [-0.3, -0.25) is 4.68 Å². The van der Waals surface area contributed by atoms with Crippen molar-refractivity contribution in [2.75, 3.05) is 0 Å². The minimum atomic E-state index is -0.196. The molecule has 116 valence electrons. The van der Waals surface area contributed by atoms with Crippen LogP contribution in [0.4, 0.5) is 4.39 Å². The zero-order chi connectivity index (χ0) is 16.4. The highest BCUT2D eigenvalue weighted by Crippen LogP contribution is 2.27. The average molecular weight is 306 g/mol. The van der Waals surface area contributed by atoms with E-state index in [1.807, 2.05) is 41.9 Å². The van der Waals surface area contributed by atoms with E-state index in [0.717, 1.165) is 28.1 Å². The zero-order valence-corrected chi connectivity index (χ0v) is 13.4. The van der Waals surface area contributed by atoms with E-state index < -0.39 is 0 Å². The first kappa shape index (κ1) is 15.2. The number of nitrogens with zero attached hydrogens (tertiary/aromatic N) is 2. The van der Waals surface area contributed by atoms with Crippen molar-refractivity contribution in [1.82, 2.24) is 9.78 Å². The van der Waals surface area contributed by atoms with Crippen LogP contribution >= 0.6 is 0 Å². The second kappa shape index (κ2) is 6.21. The average Bonchev–Trinajstić information content (AvgIpc) is 2.94. The van der Waals surface area contributed by atoms with Crippen molar-refractivity contribution < 1.29 is 4.39 Å². The van der Waals surface area contributed by atoms with E-state index in [9.17, 15) is 4.39 Å². The highest BCUT2D eigenvalue weighted by atomic mass is 19.1. The zero-order valence-electron chi connectivity index (χ0n) is 13.4. The summed E-state index contributed by atoms with van der Waals surface area (Å²) in [5.41, 5.74) is 5.55. The summed E-state index contributed by atoms with van der Waals surface area (Å²) in [6, 6.07) is 17.3. The van der Waals surface area contributed by atoms with Crippen molar-refractivity contribution in [3.8, 4) is 22.5 Å². The number of halogens is 1. The van der Waals surface area contributed by atoms with Gasteiger partial charge in [-0.15, -0.1) is 0 Å².